The highest BCUT2D eigenvalue weighted by Gasteiger charge is 2.42. The van der Waals surface area contributed by atoms with Crippen molar-refractivity contribution < 1.29 is 0 Å². The van der Waals surface area contributed by atoms with Crippen LogP contribution in [0.5, 0.6) is 0 Å². The second-order valence-electron chi connectivity index (χ2n) is 4.64. The molecule has 2 rings (SSSR count). The molecule has 1 aliphatic carbocycles. The van der Waals surface area contributed by atoms with Gasteiger partial charge in [0.2, 0.25) is 0 Å². The summed E-state index contributed by atoms with van der Waals surface area (Å²) in [6, 6.07) is 1.71. The Labute approximate surface area is 81.7 Å². The Morgan fingerprint density at radius 2 is 2.31 bits per heavy atom. The van der Waals surface area contributed by atoms with Gasteiger partial charge in [0.25, 0.3) is 0 Å². The molecule has 0 aromatic carbocycles. The van der Waals surface area contributed by atoms with E-state index in [0.29, 0.717) is 0 Å². The van der Waals surface area contributed by atoms with Crippen molar-refractivity contribution in [3.05, 3.63) is 0 Å². The molecule has 0 aromatic heterocycles. The third-order valence-corrected chi connectivity index (χ3v) is 3.52. The first-order chi connectivity index (χ1) is 6.33. The minimum absolute atomic E-state index is 0.764. The second kappa shape index (κ2) is 3.97. The Bertz CT molecular complexity index is 169. The lowest BCUT2D eigenvalue weighted by Gasteiger charge is -2.34. The first kappa shape index (κ1) is 9.47. The largest absolute Gasteiger partial charge is 0.314 e. The fraction of sp³-hybridized carbons (Fsp3) is 1.00. The van der Waals surface area contributed by atoms with Gasteiger partial charge in [0.05, 0.1) is 0 Å². The molecule has 0 radical (unpaired) electrons. The van der Waals surface area contributed by atoms with Crippen molar-refractivity contribution in [2.75, 3.05) is 19.6 Å². The van der Waals surface area contributed by atoms with E-state index in [2.05, 4.69) is 24.1 Å². The Morgan fingerprint density at radius 1 is 1.46 bits per heavy atom. The summed E-state index contributed by atoms with van der Waals surface area (Å²) in [5.74, 6) is 1.03. The van der Waals surface area contributed by atoms with Gasteiger partial charge in [-0.2, -0.15) is 0 Å². The van der Waals surface area contributed by atoms with Gasteiger partial charge < -0.3 is 5.32 Å². The Kier molecular flexibility index (Phi) is 2.89. The number of hydrogen-bond acceptors (Lipinski definition) is 2. The van der Waals surface area contributed by atoms with Crippen LogP contribution in [-0.2, 0) is 0 Å². The average Bonchev–Trinajstić information content (AvgIpc) is 2.86. The minimum atomic E-state index is 0.764. The molecule has 0 aromatic rings. The van der Waals surface area contributed by atoms with E-state index in [1.165, 1.54) is 38.9 Å². The molecule has 0 spiro atoms. The molecule has 3 atom stereocenters. The zero-order valence-corrected chi connectivity index (χ0v) is 8.92. The van der Waals surface area contributed by atoms with Crippen LogP contribution in [-0.4, -0.2) is 36.6 Å². The standard InChI is InChI=1S/C11H22N2/c1-3-4-10-7-11(10)13-6-5-12-8-9(13)2/h9-12H,3-8H2,1-2H3. The van der Waals surface area contributed by atoms with Gasteiger partial charge in [0.1, 0.15) is 0 Å². The Morgan fingerprint density at radius 3 is 3.00 bits per heavy atom. The van der Waals surface area contributed by atoms with Crippen molar-refractivity contribution in [3.63, 3.8) is 0 Å². The third kappa shape index (κ3) is 2.05. The summed E-state index contributed by atoms with van der Waals surface area (Å²) < 4.78 is 0. The van der Waals surface area contributed by atoms with Crippen molar-refractivity contribution in [1.82, 2.24) is 10.2 Å². The molecule has 1 saturated carbocycles. The molecule has 2 aliphatic rings. The molecular formula is C11H22N2. The monoisotopic (exact) mass is 182 g/mol. The second-order valence-corrected chi connectivity index (χ2v) is 4.64. The third-order valence-electron chi connectivity index (χ3n) is 3.52. The number of rotatable bonds is 3. The lowest BCUT2D eigenvalue weighted by atomic mass is 10.2. The fourth-order valence-electron chi connectivity index (χ4n) is 2.67. The molecule has 2 nitrogen and oxygen atoms in total. The van der Waals surface area contributed by atoms with Gasteiger partial charge in [-0.25, -0.2) is 0 Å². The smallest absolute Gasteiger partial charge is 0.0195 e. The zero-order valence-electron chi connectivity index (χ0n) is 8.92. The first-order valence-electron chi connectivity index (χ1n) is 5.79. The van der Waals surface area contributed by atoms with Gasteiger partial charge in [-0.05, 0) is 25.7 Å². The highest BCUT2D eigenvalue weighted by Crippen LogP contribution is 2.40. The molecule has 1 N–H and O–H groups in total. The van der Waals surface area contributed by atoms with E-state index in [-0.39, 0.29) is 0 Å². The van der Waals surface area contributed by atoms with E-state index in [4.69, 9.17) is 0 Å². The predicted octanol–water partition coefficient (Wildman–Crippen LogP) is 1.47. The van der Waals surface area contributed by atoms with Crippen molar-refractivity contribution in [2.24, 2.45) is 5.92 Å². The highest BCUT2D eigenvalue weighted by atomic mass is 15.3. The summed E-state index contributed by atoms with van der Waals surface area (Å²) in [6.45, 7) is 8.31. The van der Waals surface area contributed by atoms with Gasteiger partial charge in [0.15, 0.2) is 0 Å². The summed E-state index contributed by atoms with van der Waals surface area (Å²) in [7, 11) is 0. The lowest BCUT2D eigenvalue weighted by molar-refractivity contribution is 0.156. The van der Waals surface area contributed by atoms with Crippen LogP contribution in [0.2, 0.25) is 0 Å². The maximum absolute atomic E-state index is 3.45. The van der Waals surface area contributed by atoms with Gasteiger partial charge in [-0.3, -0.25) is 4.90 Å². The van der Waals surface area contributed by atoms with Crippen molar-refractivity contribution >= 4 is 0 Å². The summed E-state index contributed by atoms with van der Waals surface area (Å²) in [5, 5.41) is 3.45. The van der Waals surface area contributed by atoms with Crippen LogP contribution in [0.25, 0.3) is 0 Å². The average molecular weight is 182 g/mol. The lowest BCUT2D eigenvalue weighted by Crippen LogP contribution is -2.51. The molecule has 2 fully saturated rings. The van der Waals surface area contributed by atoms with Crippen LogP contribution >= 0.6 is 0 Å². The maximum atomic E-state index is 3.45. The van der Waals surface area contributed by atoms with Gasteiger partial charge in [-0.1, -0.05) is 13.3 Å². The van der Waals surface area contributed by atoms with E-state index in [1.54, 1.807) is 0 Å². The molecular weight excluding hydrogens is 160 g/mol. The maximum Gasteiger partial charge on any atom is 0.0195 e. The molecule has 1 heterocycles. The van der Waals surface area contributed by atoms with Gasteiger partial charge >= 0.3 is 0 Å². The number of hydrogen-bond donors (Lipinski definition) is 1. The molecule has 76 valence electrons. The zero-order chi connectivity index (χ0) is 9.26. The fourth-order valence-corrected chi connectivity index (χ4v) is 2.67. The van der Waals surface area contributed by atoms with Crippen LogP contribution in [0.15, 0.2) is 0 Å². The molecule has 3 unspecified atom stereocenters. The van der Waals surface area contributed by atoms with E-state index >= 15 is 0 Å². The van der Waals surface area contributed by atoms with Crippen LogP contribution in [0, 0.1) is 5.92 Å². The first-order valence-corrected chi connectivity index (χ1v) is 5.79. The SMILES string of the molecule is CCCC1CC1N1CCNCC1C. The quantitative estimate of drug-likeness (QED) is 0.711. The summed E-state index contributed by atoms with van der Waals surface area (Å²) in [5.41, 5.74) is 0. The Balaban J connectivity index is 1.80. The Hall–Kier alpha value is -0.0800. The van der Waals surface area contributed by atoms with Gasteiger partial charge in [0, 0.05) is 31.7 Å². The molecule has 13 heavy (non-hydrogen) atoms. The molecule has 0 bridgehead atoms. The topological polar surface area (TPSA) is 15.3 Å². The normalized spacial score (nSPS) is 40.6. The van der Waals surface area contributed by atoms with Crippen LogP contribution in [0.4, 0.5) is 0 Å². The number of nitrogens with one attached hydrogen (secondary N) is 1. The van der Waals surface area contributed by atoms with Crippen molar-refractivity contribution in [3.8, 4) is 0 Å². The van der Waals surface area contributed by atoms with E-state index < -0.39 is 0 Å². The van der Waals surface area contributed by atoms with Crippen molar-refractivity contribution in [2.45, 2.75) is 45.2 Å². The predicted molar refractivity (Wildman–Crippen MR) is 55.8 cm³/mol. The molecule has 1 aliphatic heterocycles. The number of piperazine rings is 1. The molecule has 1 saturated heterocycles. The highest BCUT2D eigenvalue weighted by molar-refractivity contribution is 4.97. The summed E-state index contributed by atoms with van der Waals surface area (Å²) >= 11 is 0. The van der Waals surface area contributed by atoms with Gasteiger partial charge in [-0.15, -0.1) is 0 Å². The number of nitrogens with zero attached hydrogens (tertiary/aromatic N) is 1. The van der Waals surface area contributed by atoms with Crippen LogP contribution in [0.1, 0.15) is 33.1 Å². The van der Waals surface area contributed by atoms with Crippen molar-refractivity contribution in [1.29, 1.82) is 0 Å². The van der Waals surface area contributed by atoms with E-state index in [9.17, 15) is 0 Å². The summed E-state index contributed by atoms with van der Waals surface area (Å²) in [4.78, 5) is 2.72. The molecule has 2 heteroatoms. The van der Waals surface area contributed by atoms with E-state index in [0.717, 1.165) is 18.0 Å². The van der Waals surface area contributed by atoms with E-state index in [1.807, 2.05) is 0 Å². The van der Waals surface area contributed by atoms with Crippen LogP contribution in [0.3, 0.4) is 0 Å². The van der Waals surface area contributed by atoms with Crippen LogP contribution < -0.4 is 5.32 Å². The minimum Gasteiger partial charge on any atom is -0.314 e. The molecule has 0 amide bonds. The summed E-state index contributed by atoms with van der Waals surface area (Å²) in [6.07, 6.45) is 4.28.